The van der Waals surface area contributed by atoms with Gasteiger partial charge in [-0.2, -0.15) is 0 Å². The molecule has 0 atom stereocenters. The number of halogens is 1. The van der Waals surface area contributed by atoms with Crippen LogP contribution in [0.15, 0.2) is 11.1 Å². The summed E-state index contributed by atoms with van der Waals surface area (Å²) in [5.41, 5.74) is 5.55. The fourth-order valence-corrected chi connectivity index (χ4v) is 2.51. The highest BCUT2D eigenvalue weighted by Gasteiger charge is 2.19. The normalized spacial score (nSPS) is 10.9. The van der Waals surface area contributed by atoms with Crippen LogP contribution in [-0.4, -0.2) is 29.1 Å². The van der Waals surface area contributed by atoms with Crippen molar-refractivity contribution in [3.8, 4) is 0 Å². The molecule has 96 valence electrons. The van der Waals surface area contributed by atoms with E-state index in [2.05, 4.69) is 28.7 Å². The maximum atomic E-state index is 11.6. The molecule has 0 radical (unpaired) electrons. The molecule has 0 aromatic carbocycles. The van der Waals surface area contributed by atoms with Crippen molar-refractivity contribution in [2.45, 2.75) is 32.7 Å². The van der Waals surface area contributed by atoms with Crippen molar-refractivity contribution < 1.29 is 0 Å². The molecule has 3 N–H and O–H groups in total. The Morgan fingerprint density at radius 1 is 1.53 bits per heavy atom. The third kappa shape index (κ3) is 3.41. The molecule has 5 nitrogen and oxygen atoms in total. The van der Waals surface area contributed by atoms with Gasteiger partial charge in [0.25, 0.3) is 5.56 Å². The summed E-state index contributed by atoms with van der Waals surface area (Å²) >= 11 is 2.04. The highest BCUT2D eigenvalue weighted by Crippen LogP contribution is 2.20. The zero-order chi connectivity index (χ0) is 12.8. The molecule has 1 aromatic rings. The molecular weight excluding hydrogens is 331 g/mol. The maximum Gasteiger partial charge on any atom is 0.266 e. The number of H-pyrrole nitrogens is 1. The summed E-state index contributed by atoms with van der Waals surface area (Å²) in [7, 11) is 0. The molecule has 0 saturated heterocycles. The van der Waals surface area contributed by atoms with Crippen molar-refractivity contribution in [1.82, 2.24) is 9.97 Å². The number of hydrogen-bond donors (Lipinski definition) is 2. The second-order valence-corrected chi connectivity index (χ2v) is 4.90. The van der Waals surface area contributed by atoms with Gasteiger partial charge in [0.15, 0.2) is 0 Å². The smallest absolute Gasteiger partial charge is 0.266 e. The van der Waals surface area contributed by atoms with Crippen LogP contribution in [0, 0.1) is 3.57 Å². The average molecular weight is 350 g/mol. The number of hydrogen-bond acceptors (Lipinski definition) is 4. The molecular formula is C11H19IN4O. The SMILES string of the molecule is CCC(CC)N(CCN)c1nc[nH]c(=O)c1I. The molecule has 0 aliphatic rings. The second-order valence-electron chi connectivity index (χ2n) is 3.82. The summed E-state index contributed by atoms with van der Waals surface area (Å²) in [5, 5.41) is 0. The van der Waals surface area contributed by atoms with E-state index in [4.69, 9.17) is 5.73 Å². The van der Waals surface area contributed by atoms with E-state index < -0.39 is 0 Å². The molecule has 1 rings (SSSR count). The van der Waals surface area contributed by atoms with E-state index in [1.807, 2.05) is 22.6 Å². The van der Waals surface area contributed by atoms with Crippen LogP contribution in [-0.2, 0) is 0 Å². The van der Waals surface area contributed by atoms with Crippen molar-refractivity contribution in [3.63, 3.8) is 0 Å². The minimum Gasteiger partial charge on any atom is -0.351 e. The van der Waals surface area contributed by atoms with Gasteiger partial charge in [0.1, 0.15) is 9.39 Å². The number of anilines is 1. The molecule has 0 spiro atoms. The number of nitrogens with two attached hydrogens (primary N) is 1. The van der Waals surface area contributed by atoms with Crippen LogP contribution in [0.4, 0.5) is 5.82 Å². The molecule has 1 aromatic heterocycles. The van der Waals surface area contributed by atoms with E-state index in [0.717, 1.165) is 25.2 Å². The van der Waals surface area contributed by atoms with Gasteiger partial charge in [-0.3, -0.25) is 4.79 Å². The van der Waals surface area contributed by atoms with Gasteiger partial charge < -0.3 is 15.6 Å². The van der Waals surface area contributed by atoms with E-state index in [9.17, 15) is 4.79 Å². The van der Waals surface area contributed by atoms with Gasteiger partial charge in [0.2, 0.25) is 0 Å². The predicted octanol–water partition coefficient (Wildman–Crippen LogP) is 1.33. The van der Waals surface area contributed by atoms with Gasteiger partial charge >= 0.3 is 0 Å². The summed E-state index contributed by atoms with van der Waals surface area (Å²) in [6.45, 7) is 5.55. The first-order chi connectivity index (χ1) is 8.15. The second kappa shape index (κ2) is 6.95. The summed E-state index contributed by atoms with van der Waals surface area (Å²) in [5.74, 6) is 0.744. The summed E-state index contributed by atoms with van der Waals surface area (Å²) in [4.78, 5) is 20.6. The van der Waals surface area contributed by atoms with E-state index in [0.29, 0.717) is 16.2 Å². The molecule has 0 saturated carbocycles. The van der Waals surface area contributed by atoms with Gasteiger partial charge in [0, 0.05) is 19.1 Å². The molecule has 6 heteroatoms. The minimum absolute atomic E-state index is 0.0939. The molecule has 1 heterocycles. The monoisotopic (exact) mass is 350 g/mol. The standard InChI is InChI=1S/C11H19IN4O/c1-3-8(4-2)16(6-5-13)10-9(12)11(17)15-7-14-10/h7-8H,3-6,13H2,1-2H3,(H,14,15,17). The molecule has 0 aliphatic heterocycles. The Balaban J connectivity index is 3.13. The van der Waals surface area contributed by atoms with Crippen LogP contribution in [0.2, 0.25) is 0 Å². The fourth-order valence-electron chi connectivity index (χ4n) is 1.90. The molecule has 0 fully saturated rings. The van der Waals surface area contributed by atoms with E-state index >= 15 is 0 Å². The predicted molar refractivity (Wildman–Crippen MR) is 78.3 cm³/mol. The molecule has 0 amide bonds. The van der Waals surface area contributed by atoms with Crippen molar-refractivity contribution in [1.29, 1.82) is 0 Å². The lowest BCUT2D eigenvalue weighted by atomic mass is 10.1. The molecule has 0 aliphatic carbocycles. The van der Waals surface area contributed by atoms with Gasteiger partial charge in [-0.15, -0.1) is 0 Å². The molecule has 17 heavy (non-hydrogen) atoms. The summed E-state index contributed by atoms with van der Waals surface area (Å²) in [6.07, 6.45) is 3.48. The van der Waals surface area contributed by atoms with Crippen molar-refractivity contribution in [2.24, 2.45) is 5.73 Å². The van der Waals surface area contributed by atoms with Crippen LogP contribution in [0.5, 0.6) is 0 Å². The lowest BCUT2D eigenvalue weighted by Gasteiger charge is -2.31. The Bertz CT molecular complexity index is 403. The Morgan fingerprint density at radius 2 is 2.18 bits per heavy atom. The highest BCUT2D eigenvalue weighted by molar-refractivity contribution is 14.1. The number of nitrogens with zero attached hydrogens (tertiary/aromatic N) is 2. The minimum atomic E-state index is -0.0939. The summed E-state index contributed by atoms with van der Waals surface area (Å²) < 4.78 is 0.630. The fraction of sp³-hybridized carbons (Fsp3) is 0.636. The van der Waals surface area contributed by atoms with Gasteiger partial charge in [-0.1, -0.05) is 13.8 Å². The number of nitrogens with one attached hydrogen (secondary N) is 1. The zero-order valence-corrected chi connectivity index (χ0v) is 12.4. The molecule has 0 bridgehead atoms. The number of aromatic amines is 1. The van der Waals surface area contributed by atoms with E-state index in [1.165, 1.54) is 6.33 Å². The van der Waals surface area contributed by atoms with Gasteiger partial charge in [0.05, 0.1) is 6.33 Å². The van der Waals surface area contributed by atoms with Crippen molar-refractivity contribution >= 4 is 28.4 Å². The van der Waals surface area contributed by atoms with Crippen LogP contribution >= 0.6 is 22.6 Å². The topological polar surface area (TPSA) is 75.0 Å². The largest absolute Gasteiger partial charge is 0.351 e. The van der Waals surface area contributed by atoms with Gasteiger partial charge in [-0.25, -0.2) is 4.98 Å². The maximum absolute atomic E-state index is 11.6. The first kappa shape index (κ1) is 14.4. The third-order valence-electron chi connectivity index (χ3n) is 2.80. The number of rotatable bonds is 6. The van der Waals surface area contributed by atoms with Crippen LogP contribution < -0.4 is 16.2 Å². The van der Waals surface area contributed by atoms with E-state index in [-0.39, 0.29) is 5.56 Å². The lowest BCUT2D eigenvalue weighted by Crippen LogP contribution is -2.40. The van der Waals surface area contributed by atoms with Gasteiger partial charge in [-0.05, 0) is 35.4 Å². The molecule has 0 unspecified atom stereocenters. The third-order valence-corrected chi connectivity index (χ3v) is 3.78. The van der Waals surface area contributed by atoms with Crippen molar-refractivity contribution in [3.05, 3.63) is 20.3 Å². The van der Waals surface area contributed by atoms with E-state index in [1.54, 1.807) is 0 Å². The van der Waals surface area contributed by atoms with Crippen LogP contribution in [0.3, 0.4) is 0 Å². The zero-order valence-electron chi connectivity index (χ0n) is 10.2. The quantitative estimate of drug-likeness (QED) is 0.759. The first-order valence-corrected chi connectivity index (χ1v) is 6.93. The first-order valence-electron chi connectivity index (χ1n) is 5.85. The average Bonchev–Trinajstić information content (AvgIpc) is 2.33. The Kier molecular flexibility index (Phi) is 5.90. The highest BCUT2D eigenvalue weighted by atomic mass is 127. The van der Waals surface area contributed by atoms with Crippen LogP contribution in [0.1, 0.15) is 26.7 Å². The summed E-state index contributed by atoms with van der Waals surface area (Å²) in [6, 6.07) is 0.376. The Hall–Kier alpha value is -0.630. The Morgan fingerprint density at radius 3 is 2.71 bits per heavy atom. The Labute approximate surface area is 115 Å². The van der Waals surface area contributed by atoms with Crippen LogP contribution in [0.25, 0.3) is 0 Å². The number of aromatic nitrogens is 2. The van der Waals surface area contributed by atoms with Crippen molar-refractivity contribution in [2.75, 3.05) is 18.0 Å². The lowest BCUT2D eigenvalue weighted by molar-refractivity contribution is 0.552.